The van der Waals surface area contributed by atoms with Crippen molar-refractivity contribution in [2.45, 2.75) is 104 Å². The zero-order chi connectivity index (χ0) is 26.8. The van der Waals surface area contributed by atoms with E-state index >= 15 is 0 Å². The van der Waals surface area contributed by atoms with Crippen LogP contribution in [-0.2, 0) is 33.2 Å². The van der Waals surface area contributed by atoms with Gasteiger partial charge in [0, 0.05) is 38.9 Å². The van der Waals surface area contributed by atoms with Gasteiger partial charge in [0.2, 0.25) is 0 Å². The smallest absolute Gasteiger partial charge is 0.264 e. The second kappa shape index (κ2) is 18.0. The number of aliphatic hydroxyl groups excluding tert-OH is 1. The molecule has 0 atom stereocenters. The molecule has 206 valence electrons. The molecule has 0 aromatic heterocycles. The summed E-state index contributed by atoms with van der Waals surface area (Å²) in [5.41, 5.74) is 0. The van der Waals surface area contributed by atoms with Crippen molar-refractivity contribution in [2.24, 2.45) is 11.8 Å². The monoisotopic (exact) mass is 513 g/mol. The van der Waals surface area contributed by atoms with Crippen LogP contribution in [0.4, 0.5) is 0 Å². The van der Waals surface area contributed by atoms with Gasteiger partial charge in [-0.25, -0.2) is 0 Å². The molecule has 34 heavy (non-hydrogen) atoms. The molecule has 2 saturated heterocycles. The fourth-order valence-corrected chi connectivity index (χ4v) is 4.47. The third kappa shape index (κ3) is 13.1. The maximum atomic E-state index is 10.9. The van der Waals surface area contributed by atoms with Gasteiger partial charge in [-0.3, -0.25) is 4.18 Å². The fourth-order valence-electron chi connectivity index (χ4n) is 4.03. The van der Waals surface area contributed by atoms with E-state index in [9.17, 15) is 8.42 Å². The van der Waals surface area contributed by atoms with Gasteiger partial charge < -0.3 is 24.1 Å². The number of rotatable bonds is 12. The fraction of sp³-hybridized carbons (Fsp3) is 1.00. The second-order valence-electron chi connectivity index (χ2n) is 8.97. The molecular formula is C25H52O8S. The predicted octanol–water partition coefficient (Wildman–Crippen LogP) is 4.89. The minimum atomic E-state index is -3.38. The molecule has 2 fully saturated rings. The third-order valence-corrected chi connectivity index (χ3v) is 6.19. The highest BCUT2D eigenvalue weighted by Crippen LogP contribution is 2.32. The van der Waals surface area contributed by atoms with Crippen LogP contribution in [0.5, 0.6) is 0 Å². The molecule has 9 heteroatoms. The van der Waals surface area contributed by atoms with E-state index in [1.54, 1.807) is 6.92 Å². The van der Waals surface area contributed by atoms with E-state index in [0.717, 1.165) is 57.6 Å². The standard InChI is InChI=1S/C12H24O5S.C11H22O3.C2H6/c1-4-6-12(7-5-2)15-8-11(9-16-12)10-17-18(3,13)14;1-3-5-11(6-4-2)13-8-10(7-12)9-14-11;1-2/h11H,4-10H2,1-3H3;10,12H,3-9H2,1-2H3;1-2H3/i;;1D. The Morgan fingerprint density at radius 2 is 1.15 bits per heavy atom. The Hall–Kier alpha value is -0.290. The molecule has 0 unspecified atom stereocenters. The highest BCUT2D eigenvalue weighted by atomic mass is 32.2. The predicted molar refractivity (Wildman–Crippen MR) is 135 cm³/mol. The molecule has 0 aromatic rings. The van der Waals surface area contributed by atoms with Crippen molar-refractivity contribution < 1.29 is 38.0 Å². The Labute approximate surface area is 210 Å². The lowest BCUT2D eigenvalue weighted by atomic mass is 10.0. The Kier molecular flexibility index (Phi) is 16.8. The van der Waals surface area contributed by atoms with Crippen LogP contribution in [0.2, 0.25) is 0 Å². The number of hydrogen-bond donors (Lipinski definition) is 1. The van der Waals surface area contributed by atoms with Gasteiger partial charge in [-0.1, -0.05) is 67.2 Å². The van der Waals surface area contributed by atoms with Gasteiger partial charge in [0.25, 0.3) is 10.1 Å². The van der Waals surface area contributed by atoms with E-state index in [1.807, 2.05) is 0 Å². The topological polar surface area (TPSA) is 101 Å². The molecule has 0 aromatic carbocycles. The lowest BCUT2D eigenvalue weighted by molar-refractivity contribution is -0.292. The van der Waals surface area contributed by atoms with Gasteiger partial charge in [-0.05, 0) is 0 Å². The van der Waals surface area contributed by atoms with Crippen molar-refractivity contribution in [3.63, 3.8) is 0 Å². The summed E-state index contributed by atoms with van der Waals surface area (Å²) in [4.78, 5) is 0. The molecule has 0 saturated carbocycles. The van der Waals surface area contributed by atoms with E-state index in [1.165, 1.54) is 0 Å². The summed E-state index contributed by atoms with van der Waals surface area (Å²) in [6.07, 6.45) is 8.87. The summed E-state index contributed by atoms with van der Waals surface area (Å²) in [6.45, 7) is 13.3. The molecule has 2 heterocycles. The van der Waals surface area contributed by atoms with Gasteiger partial charge in [-0.15, -0.1) is 0 Å². The van der Waals surface area contributed by atoms with Crippen LogP contribution in [0.1, 0.15) is 94.3 Å². The summed E-state index contributed by atoms with van der Waals surface area (Å²) in [5.74, 6) is -0.668. The van der Waals surface area contributed by atoms with E-state index in [2.05, 4.69) is 27.7 Å². The van der Waals surface area contributed by atoms with Crippen molar-refractivity contribution in [3.05, 3.63) is 0 Å². The first-order chi connectivity index (χ1) is 16.6. The highest BCUT2D eigenvalue weighted by molar-refractivity contribution is 7.85. The van der Waals surface area contributed by atoms with Crippen LogP contribution < -0.4 is 0 Å². The lowest BCUT2D eigenvalue weighted by Crippen LogP contribution is -2.45. The molecule has 2 aliphatic heterocycles. The molecule has 0 aliphatic carbocycles. The van der Waals surface area contributed by atoms with Gasteiger partial charge in [0.05, 0.1) is 45.9 Å². The zero-order valence-electron chi connectivity index (χ0n) is 23.5. The molecule has 0 amide bonds. The molecule has 2 aliphatic rings. The van der Waals surface area contributed by atoms with Crippen LogP contribution in [0.3, 0.4) is 0 Å². The van der Waals surface area contributed by atoms with Crippen LogP contribution in [0.15, 0.2) is 0 Å². The van der Waals surface area contributed by atoms with E-state index in [-0.39, 0.29) is 30.8 Å². The third-order valence-electron chi connectivity index (χ3n) is 5.63. The van der Waals surface area contributed by atoms with E-state index in [4.69, 9.17) is 29.6 Å². The van der Waals surface area contributed by atoms with Gasteiger partial charge >= 0.3 is 0 Å². The Balaban J connectivity index is 0.000000608. The largest absolute Gasteiger partial charge is 0.396 e. The van der Waals surface area contributed by atoms with Gasteiger partial charge in [-0.2, -0.15) is 8.42 Å². The number of ether oxygens (including phenoxy) is 4. The van der Waals surface area contributed by atoms with Crippen LogP contribution in [-0.4, -0.2) is 71.0 Å². The first-order valence-corrected chi connectivity index (χ1v) is 14.7. The van der Waals surface area contributed by atoms with Crippen molar-refractivity contribution in [1.29, 1.82) is 0 Å². The molecule has 0 radical (unpaired) electrons. The minimum Gasteiger partial charge on any atom is -0.396 e. The maximum Gasteiger partial charge on any atom is 0.264 e. The van der Waals surface area contributed by atoms with Crippen LogP contribution in [0, 0.1) is 11.8 Å². The Morgan fingerprint density at radius 3 is 1.41 bits per heavy atom. The van der Waals surface area contributed by atoms with Gasteiger partial charge in [0.15, 0.2) is 11.6 Å². The number of hydrogen-bond acceptors (Lipinski definition) is 8. The highest BCUT2D eigenvalue weighted by Gasteiger charge is 2.37. The SMILES string of the molecule is CCCC1(CCC)OCC(CO)CO1.CCCC1(CCC)OCC(COS(C)(=O)=O)CO1.[2H]CC. The summed E-state index contributed by atoms with van der Waals surface area (Å²) < 4.78 is 56.0. The molecule has 0 bridgehead atoms. The average molecular weight is 514 g/mol. The molecule has 8 nitrogen and oxygen atoms in total. The molecule has 2 rings (SSSR count). The van der Waals surface area contributed by atoms with Gasteiger partial charge in [0.1, 0.15) is 0 Å². The second-order valence-corrected chi connectivity index (χ2v) is 10.6. The quantitative estimate of drug-likeness (QED) is 0.368. The average Bonchev–Trinajstić information content (AvgIpc) is 2.81. The first kappa shape index (κ1) is 31.7. The minimum absolute atomic E-state index is 0.0124. The van der Waals surface area contributed by atoms with Crippen molar-refractivity contribution in [1.82, 2.24) is 0 Å². The Morgan fingerprint density at radius 1 is 0.824 bits per heavy atom. The number of aliphatic hydroxyl groups is 1. The first-order valence-electron chi connectivity index (χ1n) is 13.6. The van der Waals surface area contributed by atoms with Crippen molar-refractivity contribution in [3.8, 4) is 0 Å². The van der Waals surface area contributed by atoms with Crippen molar-refractivity contribution >= 4 is 10.1 Å². The summed E-state index contributed by atoms with van der Waals surface area (Å²) in [5, 5.41) is 8.96. The van der Waals surface area contributed by atoms with Crippen LogP contribution in [0.25, 0.3) is 0 Å². The summed E-state index contributed by atoms with van der Waals surface area (Å²) in [7, 11) is -3.38. The molecular weight excluding hydrogens is 460 g/mol. The summed E-state index contributed by atoms with van der Waals surface area (Å²) >= 11 is 0. The summed E-state index contributed by atoms with van der Waals surface area (Å²) in [6, 6.07) is 0. The normalized spacial score (nSPS) is 21.0. The Bertz CT molecular complexity index is 585. The maximum absolute atomic E-state index is 10.9. The zero-order valence-corrected chi connectivity index (χ0v) is 23.3. The van der Waals surface area contributed by atoms with Crippen LogP contribution >= 0.6 is 0 Å². The van der Waals surface area contributed by atoms with Crippen molar-refractivity contribution in [2.75, 3.05) is 45.9 Å². The lowest BCUT2D eigenvalue weighted by Gasteiger charge is -2.40. The molecule has 1 N–H and O–H groups in total. The van der Waals surface area contributed by atoms with E-state index < -0.39 is 15.9 Å². The molecule has 0 spiro atoms. The van der Waals surface area contributed by atoms with E-state index in [0.29, 0.717) is 33.3 Å².